The third-order valence-corrected chi connectivity index (χ3v) is 8.56. The molecule has 3 aromatic carbocycles. The van der Waals surface area contributed by atoms with Gasteiger partial charge in [-0.25, -0.2) is 4.79 Å². The van der Waals surface area contributed by atoms with Crippen LogP contribution in [0.1, 0.15) is 50.4 Å². The monoisotopic (exact) mass is 609 g/mol. The zero-order valence-electron chi connectivity index (χ0n) is 26.6. The average Bonchev–Trinajstić information content (AvgIpc) is 3.34. The molecule has 0 bridgehead atoms. The zero-order valence-corrected chi connectivity index (χ0v) is 26.6. The second-order valence-electron chi connectivity index (χ2n) is 12.1. The maximum atomic E-state index is 13.6. The molecular weight excluding hydrogens is 566 g/mol. The Morgan fingerprint density at radius 3 is 2.29 bits per heavy atom. The first-order valence-electron chi connectivity index (χ1n) is 15.8. The lowest BCUT2D eigenvalue weighted by Crippen LogP contribution is -2.36. The molecule has 8 nitrogen and oxygen atoms in total. The van der Waals surface area contributed by atoms with Crippen molar-refractivity contribution in [2.75, 3.05) is 31.7 Å². The van der Waals surface area contributed by atoms with E-state index in [4.69, 9.17) is 19.2 Å². The third-order valence-electron chi connectivity index (χ3n) is 8.56. The number of hydrogen-bond donors (Lipinski definition) is 0. The lowest BCUT2D eigenvalue weighted by atomic mass is 9.75. The van der Waals surface area contributed by atoms with Crippen molar-refractivity contribution in [3.05, 3.63) is 102 Å². The van der Waals surface area contributed by atoms with E-state index in [1.165, 1.54) is 4.90 Å². The molecule has 0 radical (unpaired) electrons. The molecule has 0 N–H and O–H groups in total. The van der Waals surface area contributed by atoms with Gasteiger partial charge in [0, 0.05) is 25.0 Å². The number of benzene rings is 3. The molecule has 3 aromatic rings. The molecule has 1 aliphatic carbocycles. The molecule has 1 saturated carbocycles. The van der Waals surface area contributed by atoms with Crippen LogP contribution >= 0.6 is 0 Å². The minimum Gasteiger partial charge on any atom is -0.458 e. The Kier molecular flexibility index (Phi) is 10.7. The summed E-state index contributed by atoms with van der Waals surface area (Å²) < 4.78 is 17.5. The van der Waals surface area contributed by atoms with Crippen molar-refractivity contribution in [3.63, 3.8) is 0 Å². The van der Waals surface area contributed by atoms with E-state index in [1.54, 1.807) is 37.5 Å². The van der Waals surface area contributed by atoms with Crippen LogP contribution in [0.2, 0.25) is 0 Å². The number of anilines is 2. The molecule has 1 saturated heterocycles. The molecule has 0 aromatic heterocycles. The summed E-state index contributed by atoms with van der Waals surface area (Å²) in [5.74, 6) is 0.682. The molecule has 45 heavy (non-hydrogen) atoms. The number of hydrogen-bond acceptors (Lipinski definition) is 7. The van der Waals surface area contributed by atoms with E-state index in [2.05, 4.69) is 25.7 Å². The molecular formula is C37H43N3O5. The van der Waals surface area contributed by atoms with E-state index in [0.717, 1.165) is 30.6 Å². The van der Waals surface area contributed by atoms with Crippen molar-refractivity contribution in [2.24, 2.45) is 22.7 Å². The number of ether oxygens (including phenoxy) is 3. The van der Waals surface area contributed by atoms with Gasteiger partial charge in [0.25, 0.3) is 5.91 Å². The number of methoxy groups -OCH3 is 1. The predicted octanol–water partition coefficient (Wildman–Crippen LogP) is 7.52. The maximum absolute atomic E-state index is 13.6. The van der Waals surface area contributed by atoms with E-state index < -0.39 is 5.97 Å². The summed E-state index contributed by atoms with van der Waals surface area (Å²) in [5, 5.41) is 0. The number of esters is 1. The van der Waals surface area contributed by atoms with Gasteiger partial charge in [-0.2, -0.15) is 4.99 Å². The van der Waals surface area contributed by atoms with Crippen LogP contribution in [0.4, 0.5) is 17.1 Å². The highest BCUT2D eigenvalue weighted by Crippen LogP contribution is 2.36. The molecule has 3 atom stereocenters. The van der Waals surface area contributed by atoms with Crippen LogP contribution in [0, 0.1) is 17.8 Å². The van der Waals surface area contributed by atoms with Gasteiger partial charge in [0.2, 0.25) is 0 Å². The van der Waals surface area contributed by atoms with Crippen molar-refractivity contribution in [2.45, 2.75) is 46.1 Å². The minimum absolute atomic E-state index is 0.0980. The Morgan fingerprint density at radius 2 is 1.64 bits per heavy atom. The first-order valence-corrected chi connectivity index (χ1v) is 15.8. The minimum atomic E-state index is -0.412. The molecule has 1 heterocycles. The topological polar surface area (TPSA) is 80.7 Å². The zero-order chi connectivity index (χ0) is 31.8. The third kappa shape index (κ3) is 7.81. The fourth-order valence-electron chi connectivity index (χ4n) is 6.06. The van der Waals surface area contributed by atoms with Crippen LogP contribution in [0.15, 0.2) is 102 Å². The van der Waals surface area contributed by atoms with Crippen LogP contribution in [-0.2, 0) is 19.0 Å². The predicted molar refractivity (Wildman–Crippen MR) is 177 cm³/mol. The van der Waals surface area contributed by atoms with Crippen LogP contribution in [0.3, 0.4) is 0 Å². The SMILES string of the molecule is COCCN1C(=O)/C(=C\CN(c2ccccc2)c2ccccc2)O/C1=N/c1ccccc1C(=O)OC1CC(C)CCC1C(C)C. The number of nitrogens with zero attached hydrogens (tertiary/aromatic N) is 3. The molecule has 3 unspecified atom stereocenters. The van der Waals surface area contributed by atoms with Crippen LogP contribution in [0.5, 0.6) is 0 Å². The normalized spacial score (nSPS) is 21.8. The number of para-hydroxylation sites is 3. The van der Waals surface area contributed by atoms with E-state index in [-0.39, 0.29) is 30.3 Å². The second-order valence-corrected chi connectivity index (χ2v) is 12.1. The Morgan fingerprint density at radius 1 is 1.00 bits per heavy atom. The molecule has 2 fully saturated rings. The first-order chi connectivity index (χ1) is 21.9. The Bertz CT molecular complexity index is 1470. The van der Waals surface area contributed by atoms with Gasteiger partial charge in [0.15, 0.2) is 5.76 Å². The molecule has 8 heteroatoms. The van der Waals surface area contributed by atoms with Crippen molar-refractivity contribution in [1.29, 1.82) is 0 Å². The summed E-state index contributed by atoms with van der Waals surface area (Å²) in [6.07, 6.45) is 4.67. The number of rotatable bonds is 11. The molecule has 236 valence electrons. The largest absolute Gasteiger partial charge is 0.458 e. The average molecular weight is 610 g/mol. The molecule has 5 rings (SSSR count). The van der Waals surface area contributed by atoms with Crippen molar-refractivity contribution < 1.29 is 23.8 Å². The van der Waals surface area contributed by atoms with Crippen molar-refractivity contribution in [1.82, 2.24) is 4.90 Å². The van der Waals surface area contributed by atoms with Crippen LogP contribution in [0.25, 0.3) is 0 Å². The molecule has 1 amide bonds. The van der Waals surface area contributed by atoms with Crippen molar-refractivity contribution >= 4 is 35.0 Å². The lowest BCUT2D eigenvalue weighted by molar-refractivity contribution is -0.123. The fourth-order valence-corrected chi connectivity index (χ4v) is 6.06. The summed E-state index contributed by atoms with van der Waals surface area (Å²) >= 11 is 0. The molecule has 2 aliphatic rings. The number of carbonyl (C=O) groups excluding carboxylic acids is 2. The lowest BCUT2D eigenvalue weighted by Gasteiger charge is -2.36. The highest BCUT2D eigenvalue weighted by Gasteiger charge is 2.36. The van der Waals surface area contributed by atoms with E-state index in [0.29, 0.717) is 42.2 Å². The Hall–Kier alpha value is -4.43. The first kappa shape index (κ1) is 32.0. The van der Waals surface area contributed by atoms with Gasteiger partial charge in [-0.1, -0.05) is 75.7 Å². The number of aliphatic imine (C=N–C) groups is 1. The number of amidine groups is 1. The standard InChI is InChI=1S/C37H43N3O5/c1-26(2)30-20-19-27(3)25-34(30)44-36(42)31-17-11-12-18-32(31)38-37-40(23-24-43-4)35(41)33(45-37)21-22-39(28-13-7-5-8-14-28)29-15-9-6-10-16-29/h5-18,21,26-27,30,34H,19-20,22-25H2,1-4H3/b33-21+,38-37+. The van der Waals surface area contributed by atoms with Gasteiger partial charge < -0.3 is 19.1 Å². The van der Waals surface area contributed by atoms with Gasteiger partial charge in [-0.15, -0.1) is 0 Å². The fraction of sp³-hybridized carbons (Fsp3) is 0.378. The quantitative estimate of drug-likeness (QED) is 0.165. The van der Waals surface area contributed by atoms with Gasteiger partial charge in [-0.3, -0.25) is 9.69 Å². The van der Waals surface area contributed by atoms with Crippen LogP contribution in [-0.4, -0.2) is 55.7 Å². The maximum Gasteiger partial charge on any atom is 0.340 e. The highest BCUT2D eigenvalue weighted by molar-refractivity contribution is 6.10. The summed E-state index contributed by atoms with van der Waals surface area (Å²) in [4.78, 5) is 35.4. The highest BCUT2D eigenvalue weighted by atomic mass is 16.5. The molecule has 0 spiro atoms. The van der Waals surface area contributed by atoms with Gasteiger partial charge in [0.1, 0.15) is 6.10 Å². The number of amides is 1. The van der Waals surface area contributed by atoms with E-state index in [1.807, 2.05) is 60.7 Å². The summed E-state index contributed by atoms with van der Waals surface area (Å²) in [5.41, 5.74) is 2.69. The van der Waals surface area contributed by atoms with Gasteiger partial charge in [0.05, 0.1) is 24.4 Å². The molecule has 1 aliphatic heterocycles. The van der Waals surface area contributed by atoms with Crippen LogP contribution < -0.4 is 4.90 Å². The Labute approximate surface area is 266 Å². The smallest absolute Gasteiger partial charge is 0.340 e. The Balaban J connectivity index is 1.41. The second kappa shape index (κ2) is 15.0. The summed E-state index contributed by atoms with van der Waals surface area (Å²) in [7, 11) is 1.58. The summed E-state index contributed by atoms with van der Waals surface area (Å²) in [6, 6.07) is 27.1. The summed E-state index contributed by atoms with van der Waals surface area (Å²) in [6.45, 7) is 7.52. The van der Waals surface area contributed by atoms with E-state index in [9.17, 15) is 9.59 Å². The van der Waals surface area contributed by atoms with Crippen molar-refractivity contribution in [3.8, 4) is 0 Å². The van der Waals surface area contributed by atoms with E-state index >= 15 is 0 Å². The van der Waals surface area contributed by atoms with Gasteiger partial charge >= 0.3 is 12.0 Å². The number of carbonyl (C=O) groups is 2. The van der Waals surface area contributed by atoms with Gasteiger partial charge in [-0.05, 0) is 73.1 Å².